The number of aliphatic carboxylic acids is 1. The molecule has 0 spiro atoms. The van der Waals surface area contributed by atoms with E-state index in [1.807, 2.05) is 30.3 Å². The average Bonchev–Trinajstić information content (AvgIpc) is 2.91. The lowest BCUT2D eigenvalue weighted by Gasteiger charge is -2.19. The van der Waals surface area contributed by atoms with E-state index in [0.717, 1.165) is 35.1 Å². The largest absolute Gasteiger partial charge is 0.494 e. The van der Waals surface area contributed by atoms with Gasteiger partial charge in [-0.15, -0.1) is 0 Å². The summed E-state index contributed by atoms with van der Waals surface area (Å²) >= 11 is 0. The Morgan fingerprint density at radius 3 is 2.13 bits per heavy atom. The number of benzene rings is 3. The Labute approximate surface area is 219 Å². The molecule has 1 aromatic heterocycles. The van der Waals surface area contributed by atoms with Crippen LogP contribution < -0.4 is 10.3 Å². The molecule has 7 heteroatoms. The second-order valence-electron chi connectivity index (χ2n) is 9.17. The lowest BCUT2D eigenvalue weighted by molar-refractivity contribution is -0.137. The first kappa shape index (κ1) is 26.8. The highest BCUT2D eigenvalue weighted by Crippen LogP contribution is 2.32. The first-order valence-electron chi connectivity index (χ1n) is 12.5. The number of hydrogen-bond donors (Lipinski definition) is 2. The average molecular weight is 518 g/mol. The third-order valence-electron chi connectivity index (χ3n) is 6.36. The first-order valence-corrected chi connectivity index (χ1v) is 12.5. The highest BCUT2D eigenvalue weighted by atomic mass is 19.1. The maximum atomic E-state index is 13.6. The fraction of sp³-hybridized carbons (Fsp3) is 0.226. The summed E-state index contributed by atoms with van der Waals surface area (Å²) in [5.74, 6) is -1.15. The fourth-order valence-electron chi connectivity index (χ4n) is 4.48. The molecule has 0 unspecified atom stereocenters. The Hall–Kier alpha value is -4.26. The van der Waals surface area contributed by atoms with E-state index in [9.17, 15) is 18.4 Å². The number of H-pyrrole nitrogens is 1. The molecule has 0 aliphatic rings. The highest BCUT2D eigenvalue weighted by molar-refractivity contribution is 5.66. The van der Waals surface area contributed by atoms with E-state index >= 15 is 0 Å². The van der Waals surface area contributed by atoms with Gasteiger partial charge in [0.25, 0.3) is 5.56 Å². The zero-order valence-electron chi connectivity index (χ0n) is 20.8. The Kier molecular flexibility index (Phi) is 9.03. The van der Waals surface area contributed by atoms with Crippen molar-refractivity contribution in [1.82, 2.24) is 4.98 Å². The highest BCUT2D eigenvalue weighted by Gasteiger charge is 2.19. The molecule has 5 nitrogen and oxygen atoms in total. The van der Waals surface area contributed by atoms with Crippen molar-refractivity contribution in [2.24, 2.45) is 0 Å². The molecule has 196 valence electrons. The number of carbonyl (C=O) groups is 1. The van der Waals surface area contributed by atoms with Gasteiger partial charge in [-0.25, -0.2) is 8.78 Å². The minimum Gasteiger partial charge on any atom is -0.494 e. The Morgan fingerprint density at radius 1 is 0.842 bits per heavy atom. The third-order valence-corrected chi connectivity index (χ3v) is 6.36. The number of rotatable bonds is 12. The van der Waals surface area contributed by atoms with Gasteiger partial charge in [0.2, 0.25) is 0 Å². The molecule has 38 heavy (non-hydrogen) atoms. The zero-order valence-corrected chi connectivity index (χ0v) is 20.8. The summed E-state index contributed by atoms with van der Waals surface area (Å²) in [5.41, 5.74) is 4.02. The SMILES string of the molecule is O=C(O)CCCOc1cccc(CCCc2cc(C(c3ccc(F)cc3)c3ccc(F)cc3)c[nH]c2=O)c1. The molecule has 3 aromatic carbocycles. The molecule has 0 aliphatic heterocycles. The number of hydrogen-bond acceptors (Lipinski definition) is 3. The number of aromatic amines is 1. The maximum absolute atomic E-state index is 13.6. The molecule has 1 heterocycles. The van der Waals surface area contributed by atoms with Gasteiger partial charge in [-0.3, -0.25) is 9.59 Å². The van der Waals surface area contributed by atoms with Gasteiger partial charge in [0.05, 0.1) is 6.61 Å². The molecule has 0 bridgehead atoms. The molecular weight excluding hydrogens is 488 g/mol. The second-order valence-corrected chi connectivity index (χ2v) is 9.17. The summed E-state index contributed by atoms with van der Waals surface area (Å²) in [6.45, 7) is 0.335. The van der Waals surface area contributed by atoms with Crippen LogP contribution >= 0.6 is 0 Å². The number of pyridine rings is 1. The monoisotopic (exact) mass is 517 g/mol. The van der Waals surface area contributed by atoms with Crippen molar-refractivity contribution >= 4 is 5.97 Å². The first-order chi connectivity index (χ1) is 18.4. The Bertz CT molecular complexity index is 1370. The van der Waals surface area contributed by atoms with Crippen molar-refractivity contribution in [1.29, 1.82) is 0 Å². The lowest BCUT2D eigenvalue weighted by atomic mass is 9.85. The minimum atomic E-state index is -0.844. The quantitative estimate of drug-likeness (QED) is 0.218. The van der Waals surface area contributed by atoms with Gasteiger partial charge in [0.1, 0.15) is 17.4 Å². The van der Waals surface area contributed by atoms with E-state index < -0.39 is 5.97 Å². The van der Waals surface area contributed by atoms with Crippen LogP contribution in [-0.4, -0.2) is 22.7 Å². The van der Waals surface area contributed by atoms with Crippen molar-refractivity contribution in [3.8, 4) is 5.75 Å². The molecule has 0 radical (unpaired) electrons. The van der Waals surface area contributed by atoms with Gasteiger partial charge >= 0.3 is 5.97 Å². The fourth-order valence-corrected chi connectivity index (χ4v) is 4.48. The lowest BCUT2D eigenvalue weighted by Crippen LogP contribution is -2.15. The van der Waals surface area contributed by atoms with E-state index in [1.165, 1.54) is 24.3 Å². The van der Waals surface area contributed by atoms with Crippen LogP contribution in [0.15, 0.2) is 89.9 Å². The van der Waals surface area contributed by atoms with Crippen LogP contribution in [0.4, 0.5) is 8.78 Å². The van der Waals surface area contributed by atoms with E-state index in [-0.39, 0.29) is 29.5 Å². The standard InChI is InChI=1S/C31H29F2NO4/c32-26-13-9-22(10-14-26)30(23-11-15-27(33)16-12-23)25-19-24(31(37)34-20-25)6-1-4-21-5-2-7-28(18-21)38-17-3-8-29(35)36/h2,5,7,9-16,18-20,30H,1,3-4,6,8,17H2,(H,34,37)(H,35,36). The maximum Gasteiger partial charge on any atom is 0.303 e. The number of carboxylic acid groups (broad SMARTS) is 1. The minimum absolute atomic E-state index is 0.0660. The van der Waals surface area contributed by atoms with Crippen molar-refractivity contribution in [3.05, 3.63) is 135 Å². The number of halogens is 2. The summed E-state index contributed by atoms with van der Waals surface area (Å²) in [7, 11) is 0. The van der Waals surface area contributed by atoms with Gasteiger partial charge in [-0.05, 0) is 90.4 Å². The summed E-state index contributed by atoms with van der Waals surface area (Å²) < 4.78 is 32.9. The molecule has 0 amide bonds. The molecule has 0 saturated carbocycles. The van der Waals surface area contributed by atoms with Gasteiger partial charge in [-0.1, -0.05) is 36.4 Å². The normalized spacial score (nSPS) is 11.0. The van der Waals surface area contributed by atoms with Crippen LogP contribution in [0.1, 0.15) is 53.0 Å². The topological polar surface area (TPSA) is 79.4 Å². The molecule has 0 saturated heterocycles. The van der Waals surface area contributed by atoms with Gasteiger partial charge in [-0.2, -0.15) is 0 Å². The van der Waals surface area contributed by atoms with E-state index in [1.54, 1.807) is 30.5 Å². The molecule has 0 atom stereocenters. The van der Waals surface area contributed by atoms with Crippen LogP contribution in [0.2, 0.25) is 0 Å². The number of aryl methyl sites for hydroxylation is 2. The van der Waals surface area contributed by atoms with Gasteiger partial charge < -0.3 is 14.8 Å². The molecule has 0 fully saturated rings. The number of ether oxygens (including phenoxy) is 1. The number of aromatic nitrogens is 1. The number of carboxylic acids is 1. The Balaban J connectivity index is 1.47. The van der Waals surface area contributed by atoms with Crippen molar-refractivity contribution in [2.45, 2.75) is 38.0 Å². The predicted molar refractivity (Wildman–Crippen MR) is 142 cm³/mol. The van der Waals surface area contributed by atoms with Crippen molar-refractivity contribution < 1.29 is 23.4 Å². The van der Waals surface area contributed by atoms with Gasteiger partial charge in [0.15, 0.2) is 0 Å². The smallest absolute Gasteiger partial charge is 0.303 e. The summed E-state index contributed by atoms with van der Waals surface area (Å²) in [6, 6.07) is 21.9. The van der Waals surface area contributed by atoms with Crippen LogP contribution in [-0.2, 0) is 17.6 Å². The van der Waals surface area contributed by atoms with E-state index in [4.69, 9.17) is 9.84 Å². The summed E-state index contributed by atoms with van der Waals surface area (Å²) in [4.78, 5) is 26.1. The van der Waals surface area contributed by atoms with E-state index in [2.05, 4.69) is 4.98 Å². The van der Waals surface area contributed by atoms with Crippen LogP contribution in [0, 0.1) is 11.6 Å². The third kappa shape index (κ3) is 7.38. The molecule has 4 aromatic rings. The van der Waals surface area contributed by atoms with E-state index in [0.29, 0.717) is 30.8 Å². The van der Waals surface area contributed by atoms with Gasteiger partial charge in [0, 0.05) is 24.1 Å². The zero-order chi connectivity index (χ0) is 26.9. The molecule has 4 rings (SSSR count). The Morgan fingerprint density at radius 2 is 1.50 bits per heavy atom. The van der Waals surface area contributed by atoms with Crippen LogP contribution in [0.25, 0.3) is 0 Å². The molecular formula is C31H29F2NO4. The van der Waals surface area contributed by atoms with Crippen LogP contribution in [0.5, 0.6) is 5.75 Å². The second kappa shape index (κ2) is 12.8. The number of nitrogens with one attached hydrogen (secondary N) is 1. The summed E-state index contributed by atoms with van der Waals surface area (Å²) in [5, 5.41) is 8.74. The summed E-state index contributed by atoms with van der Waals surface area (Å²) in [6.07, 6.45) is 4.18. The molecule has 0 aliphatic carbocycles. The van der Waals surface area contributed by atoms with Crippen LogP contribution in [0.3, 0.4) is 0 Å². The predicted octanol–water partition coefficient (Wildman–Crippen LogP) is 6.25. The van der Waals surface area contributed by atoms with Crippen molar-refractivity contribution in [2.75, 3.05) is 6.61 Å². The van der Waals surface area contributed by atoms with Crippen molar-refractivity contribution in [3.63, 3.8) is 0 Å². The molecule has 2 N–H and O–H groups in total.